The third-order valence-electron chi connectivity index (χ3n) is 7.43. The Kier molecular flexibility index (Phi) is 7.15. The van der Waals surface area contributed by atoms with Crippen LogP contribution >= 0.6 is 0 Å². The van der Waals surface area contributed by atoms with Crippen LogP contribution in [0.15, 0.2) is 103 Å². The second kappa shape index (κ2) is 10.8. The first-order valence-corrected chi connectivity index (χ1v) is 12.5. The molecule has 1 fully saturated rings. The molecule has 5 rings (SSSR count). The van der Waals surface area contributed by atoms with Crippen molar-refractivity contribution >= 4 is 5.69 Å². The highest BCUT2D eigenvalue weighted by Crippen LogP contribution is 2.43. The summed E-state index contributed by atoms with van der Waals surface area (Å²) in [7, 11) is 1.71. The Bertz CT molecular complexity index is 1240. The van der Waals surface area contributed by atoms with E-state index in [1.807, 2.05) is 18.2 Å². The van der Waals surface area contributed by atoms with E-state index in [1.54, 1.807) is 7.11 Å². The van der Waals surface area contributed by atoms with Crippen LogP contribution in [0.3, 0.4) is 0 Å². The lowest BCUT2D eigenvalue weighted by Crippen LogP contribution is -2.25. The number of nitrogens with one attached hydrogen (secondary N) is 1. The fraction of sp³-hybridized carbons (Fsp3) is 0.250. The lowest BCUT2D eigenvalue weighted by atomic mass is 9.73. The van der Waals surface area contributed by atoms with Crippen LogP contribution in [-0.2, 0) is 12.8 Å². The normalized spacial score (nSPS) is 18.3. The number of hydrogen-bond acceptors (Lipinski definition) is 3. The van der Waals surface area contributed by atoms with Gasteiger partial charge in [-0.3, -0.25) is 0 Å². The molecule has 178 valence electrons. The number of rotatable bonds is 8. The summed E-state index contributed by atoms with van der Waals surface area (Å²) < 4.78 is 5.54. The monoisotopic (exact) mass is 462 g/mol. The zero-order valence-electron chi connectivity index (χ0n) is 20.4. The number of methoxy groups -OCH3 is 1. The van der Waals surface area contributed by atoms with Crippen LogP contribution < -0.4 is 15.8 Å². The molecule has 4 aromatic carbocycles. The van der Waals surface area contributed by atoms with Crippen molar-refractivity contribution in [3.63, 3.8) is 0 Å². The fourth-order valence-electron chi connectivity index (χ4n) is 5.73. The molecule has 0 saturated carbocycles. The molecule has 1 aliphatic rings. The predicted molar refractivity (Wildman–Crippen MR) is 146 cm³/mol. The third-order valence-corrected chi connectivity index (χ3v) is 7.43. The summed E-state index contributed by atoms with van der Waals surface area (Å²) in [6.07, 6.45) is 2.07. The van der Waals surface area contributed by atoms with Crippen molar-refractivity contribution in [1.29, 1.82) is 0 Å². The van der Waals surface area contributed by atoms with E-state index in [0.29, 0.717) is 17.8 Å². The Morgan fingerprint density at radius 2 is 1.54 bits per heavy atom. The van der Waals surface area contributed by atoms with Crippen LogP contribution in [0.4, 0.5) is 5.69 Å². The smallest absolute Gasteiger partial charge is 0.119 e. The zero-order valence-corrected chi connectivity index (χ0v) is 20.4. The number of nitrogen functional groups attached to an aromatic ring is 1. The molecule has 0 radical (unpaired) electrons. The maximum Gasteiger partial charge on any atom is 0.119 e. The predicted octanol–water partition coefficient (Wildman–Crippen LogP) is 6.35. The summed E-state index contributed by atoms with van der Waals surface area (Å²) in [4.78, 5) is 0. The van der Waals surface area contributed by atoms with Crippen LogP contribution in [0.2, 0.25) is 0 Å². The summed E-state index contributed by atoms with van der Waals surface area (Å²) in [6, 6.07) is 36.5. The van der Waals surface area contributed by atoms with E-state index in [4.69, 9.17) is 10.5 Å². The van der Waals surface area contributed by atoms with E-state index in [9.17, 15) is 0 Å². The summed E-state index contributed by atoms with van der Waals surface area (Å²) >= 11 is 0. The van der Waals surface area contributed by atoms with Gasteiger partial charge in [0.2, 0.25) is 0 Å². The van der Waals surface area contributed by atoms with Gasteiger partial charge in [-0.15, -0.1) is 0 Å². The summed E-state index contributed by atoms with van der Waals surface area (Å²) in [5.41, 5.74) is 13.8. The Morgan fingerprint density at radius 3 is 2.29 bits per heavy atom. The van der Waals surface area contributed by atoms with E-state index < -0.39 is 0 Å². The van der Waals surface area contributed by atoms with Gasteiger partial charge in [0.05, 0.1) is 7.11 Å². The summed E-state index contributed by atoms with van der Waals surface area (Å²) in [5, 5.41) is 3.72. The lowest BCUT2D eigenvalue weighted by molar-refractivity contribution is 0.346. The Labute approximate surface area is 209 Å². The van der Waals surface area contributed by atoms with Crippen molar-refractivity contribution in [2.24, 2.45) is 11.8 Å². The van der Waals surface area contributed by atoms with Crippen molar-refractivity contribution in [1.82, 2.24) is 5.32 Å². The second-order valence-corrected chi connectivity index (χ2v) is 9.61. The number of hydrogen-bond donors (Lipinski definition) is 2. The molecule has 0 bridgehead atoms. The first kappa shape index (κ1) is 23.2. The molecule has 0 aliphatic carbocycles. The first-order chi connectivity index (χ1) is 17.2. The van der Waals surface area contributed by atoms with E-state index in [1.165, 1.54) is 16.7 Å². The van der Waals surface area contributed by atoms with Crippen LogP contribution in [0.5, 0.6) is 5.75 Å². The molecule has 3 N–H and O–H groups in total. The zero-order chi connectivity index (χ0) is 24.0. The topological polar surface area (TPSA) is 47.3 Å². The molecule has 1 unspecified atom stereocenters. The lowest BCUT2D eigenvalue weighted by Gasteiger charge is -2.31. The number of nitrogens with two attached hydrogens (primary N) is 1. The average Bonchev–Trinajstić information content (AvgIpc) is 3.36. The molecular formula is C32H34N2O. The van der Waals surface area contributed by atoms with Crippen LogP contribution in [0.1, 0.15) is 22.6 Å². The van der Waals surface area contributed by atoms with Crippen molar-refractivity contribution < 1.29 is 4.74 Å². The van der Waals surface area contributed by atoms with Gasteiger partial charge in [0.15, 0.2) is 0 Å². The van der Waals surface area contributed by atoms with Gasteiger partial charge in [0, 0.05) is 11.3 Å². The minimum absolute atomic E-state index is 0.339. The van der Waals surface area contributed by atoms with Crippen molar-refractivity contribution in [3.05, 3.63) is 120 Å². The van der Waals surface area contributed by atoms with E-state index in [-0.39, 0.29) is 0 Å². The van der Waals surface area contributed by atoms with Gasteiger partial charge < -0.3 is 15.8 Å². The highest BCUT2D eigenvalue weighted by Gasteiger charge is 2.36. The van der Waals surface area contributed by atoms with Gasteiger partial charge in [-0.25, -0.2) is 0 Å². The number of ether oxygens (including phenoxy) is 1. The minimum Gasteiger partial charge on any atom is -0.497 e. The fourth-order valence-corrected chi connectivity index (χ4v) is 5.73. The van der Waals surface area contributed by atoms with Crippen LogP contribution in [-0.4, -0.2) is 20.2 Å². The molecule has 3 heteroatoms. The number of anilines is 1. The maximum absolute atomic E-state index is 6.68. The summed E-state index contributed by atoms with van der Waals surface area (Å²) in [6.45, 7) is 2.06. The Morgan fingerprint density at radius 1 is 0.829 bits per heavy atom. The quantitative estimate of drug-likeness (QED) is 0.300. The maximum atomic E-state index is 6.68. The van der Waals surface area contributed by atoms with E-state index >= 15 is 0 Å². The molecule has 4 aromatic rings. The van der Waals surface area contributed by atoms with Crippen LogP contribution in [0, 0.1) is 11.8 Å². The molecule has 3 atom stereocenters. The second-order valence-electron chi connectivity index (χ2n) is 9.61. The Balaban J connectivity index is 1.58. The van der Waals surface area contributed by atoms with Crippen molar-refractivity contribution in [2.75, 3.05) is 25.9 Å². The first-order valence-electron chi connectivity index (χ1n) is 12.5. The molecular weight excluding hydrogens is 428 g/mol. The highest BCUT2D eigenvalue weighted by atomic mass is 16.5. The molecule has 1 saturated heterocycles. The van der Waals surface area contributed by atoms with Crippen LogP contribution in [0.25, 0.3) is 11.1 Å². The SMILES string of the molecule is COc1cccc(-c2c(N)cccc2C(Cc2ccccc2)[C@H]2CNC[C@@H]2Cc2ccccc2)c1. The van der Waals surface area contributed by atoms with Crippen molar-refractivity contribution in [2.45, 2.75) is 18.8 Å². The number of benzene rings is 4. The molecule has 0 spiro atoms. The van der Waals surface area contributed by atoms with Gasteiger partial charge in [-0.2, -0.15) is 0 Å². The molecule has 0 aromatic heterocycles. The van der Waals surface area contributed by atoms with Gasteiger partial charge in [-0.1, -0.05) is 84.9 Å². The third kappa shape index (κ3) is 5.26. The van der Waals surface area contributed by atoms with E-state index in [0.717, 1.165) is 48.5 Å². The average molecular weight is 463 g/mol. The summed E-state index contributed by atoms with van der Waals surface area (Å²) in [5.74, 6) is 2.25. The standard InChI is InChI=1S/C32H34N2O/c1-35-27-15-8-14-25(20-27)32-28(16-9-17-31(32)33)29(19-24-12-6-3-7-13-24)30-22-34-21-26(30)18-23-10-4-2-5-11-23/h2-17,20,26,29-30,34H,18-19,21-22,33H2,1H3/t26-,29?,30-/m0/s1. The van der Waals surface area contributed by atoms with Gasteiger partial charge in [0.1, 0.15) is 5.75 Å². The largest absolute Gasteiger partial charge is 0.497 e. The molecule has 1 heterocycles. The molecule has 1 aliphatic heterocycles. The molecule has 35 heavy (non-hydrogen) atoms. The minimum atomic E-state index is 0.339. The Hall–Kier alpha value is -3.56. The molecule has 3 nitrogen and oxygen atoms in total. The van der Waals surface area contributed by atoms with Crippen molar-refractivity contribution in [3.8, 4) is 16.9 Å². The van der Waals surface area contributed by atoms with E-state index in [2.05, 4.69) is 90.2 Å². The molecule has 0 amide bonds. The highest BCUT2D eigenvalue weighted by molar-refractivity contribution is 5.80. The van der Waals surface area contributed by atoms with Gasteiger partial charge in [0.25, 0.3) is 0 Å². The van der Waals surface area contributed by atoms with Gasteiger partial charge >= 0.3 is 0 Å². The van der Waals surface area contributed by atoms with Gasteiger partial charge in [-0.05, 0) is 84.1 Å².